The Labute approximate surface area is 150 Å². The zero-order valence-corrected chi connectivity index (χ0v) is 15.7. The van der Waals surface area contributed by atoms with Gasteiger partial charge in [-0.3, -0.25) is 0 Å². The fourth-order valence-electron chi connectivity index (χ4n) is 2.62. The van der Waals surface area contributed by atoms with Gasteiger partial charge < -0.3 is 15.2 Å². The van der Waals surface area contributed by atoms with E-state index >= 15 is 0 Å². The molecule has 0 amide bonds. The maximum atomic E-state index is 5.36. The van der Waals surface area contributed by atoms with Crippen molar-refractivity contribution in [3.63, 3.8) is 0 Å². The van der Waals surface area contributed by atoms with E-state index in [0.29, 0.717) is 18.4 Å². The number of aliphatic imine (C=N–C) groups is 1. The molecule has 0 aliphatic heterocycles. The highest BCUT2D eigenvalue weighted by molar-refractivity contribution is 5.79. The smallest absolute Gasteiger partial charge is 0.191 e. The molecule has 0 radical (unpaired) electrons. The molecular formula is C20H30N4O. The predicted molar refractivity (Wildman–Crippen MR) is 103 cm³/mol. The Hall–Kier alpha value is -2.30. The summed E-state index contributed by atoms with van der Waals surface area (Å²) in [5.41, 5.74) is 2.32. The van der Waals surface area contributed by atoms with Gasteiger partial charge in [0.1, 0.15) is 6.54 Å². The number of rotatable bonds is 8. The lowest BCUT2D eigenvalue weighted by molar-refractivity contribution is 0.376. The Morgan fingerprint density at radius 1 is 1.16 bits per heavy atom. The lowest BCUT2D eigenvalue weighted by atomic mass is 9.97. The van der Waals surface area contributed by atoms with E-state index in [2.05, 4.69) is 78.8 Å². The van der Waals surface area contributed by atoms with Gasteiger partial charge in [-0.2, -0.15) is 0 Å². The Morgan fingerprint density at radius 2 is 1.92 bits per heavy atom. The van der Waals surface area contributed by atoms with E-state index in [0.717, 1.165) is 36.9 Å². The molecule has 2 rings (SSSR count). The van der Waals surface area contributed by atoms with Crippen molar-refractivity contribution in [1.82, 2.24) is 15.8 Å². The van der Waals surface area contributed by atoms with Gasteiger partial charge in [-0.05, 0) is 24.8 Å². The van der Waals surface area contributed by atoms with E-state index in [1.807, 2.05) is 6.07 Å². The molecule has 136 valence electrons. The molecule has 1 atom stereocenters. The van der Waals surface area contributed by atoms with E-state index in [1.54, 1.807) is 0 Å². The van der Waals surface area contributed by atoms with Gasteiger partial charge >= 0.3 is 0 Å². The summed E-state index contributed by atoms with van der Waals surface area (Å²) in [6, 6.07) is 12.6. The zero-order valence-electron chi connectivity index (χ0n) is 15.7. The van der Waals surface area contributed by atoms with Crippen LogP contribution in [0.4, 0.5) is 0 Å². The Balaban J connectivity index is 1.96. The molecule has 0 aliphatic rings. The monoisotopic (exact) mass is 342 g/mol. The van der Waals surface area contributed by atoms with Crippen LogP contribution in [0.2, 0.25) is 0 Å². The molecule has 1 aromatic carbocycles. The highest BCUT2D eigenvalue weighted by Gasteiger charge is 2.11. The normalized spacial score (nSPS) is 13.1. The number of benzene rings is 1. The van der Waals surface area contributed by atoms with Crippen LogP contribution in [0, 0.1) is 0 Å². The number of nitrogens with one attached hydrogen (secondary N) is 2. The van der Waals surface area contributed by atoms with E-state index in [4.69, 9.17) is 4.52 Å². The van der Waals surface area contributed by atoms with Crippen molar-refractivity contribution in [1.29, 1.82) is 0 Å². The van der Waals surface area contributed by atoms with Crippen LogP contribution >= 0.6 is 0 Å². The average molecular weight is 342 g/mol. The molecule has 0 spiro atoms. The van der Waals surface area contributed by atoms with Crippen molar-refractivity contribution in [2.24, 2.45) is 4.99 Å². The first-order chi connectivity index (χ1) is 12.1. The second kappa shape index (κ2) is 9.87. The van der Waals surface area contributed by atoms with Crippen molar-refractivity contribution in [3.05, 3.63) is 53.4 Å². The van der Waals surface area contributed by atoms with E-state index in [-0.39, 0.29) is 0 Å². The summed E-state index contributed by atoms with van der Waals surface area (Å²) >= 11 is 0. The maximum Gasteiger partial charge on any atom is 0.191 e. The minimum absolute atomic E-state index is 0.365. The molecule has 1 aromatic heterocycles. The summed E-state index contributed by atoms with van der Waals surface area (Å²) in [4.78, 5) is 4.62. The highest BCUT2D eigenvalue weighted by atomic mass is 16.5. The number of hydrogen-bond acceptors (Lipinski definition) is 3. The number of aromatic nitrogens is 1. The average Bonchev–Trinajstić information content (AvgIpc) is 3.10. The van der Waals surface area contributed by atoms with Crippen LogP contribution in [0.25, 0.3) is 0 Å². The van der Waals surface area contributed by atoms with Gasteiger partial charge in [0.2, 0.25) is 0 Å². The predicted octanol–water partition coefficient (Wildman–Crippen LogP) is 4.05. The van der Waals surface area contributed by atoms with Gasteiger partial charge in [0.05, 0.1) is 5.69 Å². The third kappa shape index (κ3) is 5.93. The van der Waals surface area contributed by atoms with Gasteiger partial charge in [0.25, 0.3) is 0 Å². The van der Waals surface area contributed by atoms with Gasteiger partial charge in [-0.1, -0.05) is 56.3 Å². The molecule has 0 bridgehead atoms. The molecule has 25 heavy (non-hydrogen) atoms. The molecular weight excluding hydrogens is 312 g/mol. The molecule has 0 saturated carbocycles. The zero-order chi connectivity index (χ0) is 18.1. The van der Waals surface area contributed by atoms with Gasteiger partial charge in [0, 0.05) is 25.1 Å². The molecule has 0 aliphatic carbocycles. The van der Waals surface area contributed by atoms with Crippen LogP contribution in [-0.2, 0) is 6.54 Å². The van der Waals surface area contributed by atoms with Crippen molar-refractivity contribution < 1.29 is 4.52 Å². The molecule has 0 fully saturated rings. The Kier molecular flexibility index (Phi) is 7.51. The van der Waals surface area contributed by atoms with Crippen molar-refractivity contribution in [2.45, 2.75) is 52.5 Å². The largest absolute Gasteiger partial charge is 0.359 e. The minimum Gasteiger partial charge on any atom is -0.359 e. The summed E-state index contributed by atoms with van der Waals surface area (Å²) in [6.07, 6.45) is 1.08. The van der Waals surface area contributed by atoms with Crippen LogP contribution in [0.1, 0.15) is 63.0 Å². The maximum absolute atomic E-state index is 5.36. The molecule has 0 saturated heterocycles. The summed E-state index contributed by atoms with van der Waals surface area (Å²) in [7, 11) is 0. The molecule has 5 heteroatoms. The van der Waals surface area contributed by atoms with Gasteiger partial charge in [-0.25, -0.2) is 4.99 Å². The van der Waals surface area contributed by atoms with Crippen LogP contribution in [0.3, 0.4) is 0 Å². The lowest BCUT2D eigenvalue weighted by Gasteiger charge is -2.18. The van der Waals surface area contributed by atoms with Crippen LogP contribution in [0.15, 0.2) is 45.9 Å². The molecule has 2 N–H and O–H groups in total. The third-order valence-electron chi connectivity index (χ3n) is 4.19. The van der Waals surface area contributed by atoms with E-state index in [9.17, 15) is 0 Å². The highest BCUT2D eigenvalue weighted by Crippen LogP contribution is 2.18. The van der Waals surface area contributed by atoms with Crippen LogP contribution < -0.4 is 10.6 Å². The lowest BCUT2D eigenvalue weighted by Crippen LogP contribution is -2.39. The molecule has 2 aromatic rings. The topological polar surface area (TPSA) is 62.5 Å². The molecule has 5 nitrogen and oxygen atoms in total. The van der Waals surface area contributed by atoms with Gasteiger partial charge in [-0.15, -0.1) is 0 Å². The number of nitrogens with zero attached hydrogens (tertiary/aromatic N) is 2. The summed E-state index contributed by atoms with van der Waals surface area (Å²) in [5.74, 6) is 2.42. The minimum atomic E-state index is 0.365. The summed E-state index contributed by atoms with van der Waals surface area (Å²) in [5, 5.41) is 10.8. The fraction of sp³-hybridized carbons (Fsp3) is 0.500. The van der Waals surface area contributed by atoms with Crippen molar-refractivity contribution in [2.75, 3.05) is 13.1 Å². The van der Waals surface area contributed by atoms with E-state index in [1.165, 1.54) is 5.56 Å². The van der Waals surface area contributed by atoms with Gasteiger partial charge in [0.15, 0.2) is 11.7 Å². The fourth-order valence-corrected chi connectivity index (χ4v) is 2.62. The Morgan fingerprint density at radius 3 is 2.52 bits per heavy atom. The number of guanidine groups is 1. The number of hydrogen-bond donors (Lipinski definition) is 2. The SMILES string of the molecule is CCNC(=NCc1cc(C(C)C)no1)NCC(CC)c1ccccc1. The third-order valence-corrected chi connectivity index (χ3v) is 4.19. The first-order valence-corrected chi connectivity index (χ1v) is 9.16. The molecule has 1 unspecified atom stereocenters. The first kappa shape index (κ1) is 19.0. The van der Waals surface area contributed by atoms with Crippen LogP contribution in [-0.4, -0.2) is 24.2 Å². The Bertz CT molecular complexity index is 649. The first-order valence-electron chi connectivity index (χ1n) is 9.16. The molecule has 1 heterocycles. The van der Waals surface area contributed by atoms with Crippen LogP contribution in [0.5, 0.6) is 0 Å². The van der Waals surface area contributed by atoms with Crippen molar-refractivity contribution in [3.8, 4) is 0 Å². The van der Waals surface area contributed by atoms with E-state index < -0.39 is 0 Å². The second-order valence-corrected chi connectivity index (χ2v) is 6.46. The van der Waals surface area contributed by atoms with Crippen molar-refractivity contribution >= 4 is 5.96 Å². The summed E-state index contributed by atoms with van der Waals surface area (Å²) in [6.45, 7) is 10.6. The summed E-state index contributed by atoms with van der Waals surface area (Å²) < 4.78 is 5.36. The standard InChI is InChI=1S/C20H30N4O/c1-5-16(17-10-8-7-9-11-17)13-22-20(21-6-2)23-14-18-12-19(15(3)4)24-25-18/h7-12,15-16H,5-6,13-14H2,1-4H3,(H2,21,22,23). The quantitative estimate of drug-likeness (QED) is 0.561. The second-order valence-electron chi connectivity index (χ2n) is 6.46.